The molecular weight excluding hydrogens is 288 g/mol. The van der Waals surface area contributed by atoms with Gasteiger partial charge in [0.15, 0.2) is 0 Å². The molecule has 2 rings (SSSR count). The van der Waals surface area contributed by atoms with Gasteiger partial charge < -0.3 is 9.84 Å². The number of rotatable bonds is 4. The number of aromatic carboxylic acids is 1. The van der Waals surface area contributed by atoms with Gasteiger partial charge in [-0.1, -0.05) is 0 Å². The molecule has 5 nitrogen and oxygen atoms in total. The van der Waals surface area contributed by atoms with Gasteiger partial charge in [-0.25, -0.2) is 13.2 Å². The maximum atomic E-state index is 12.2. The van der Waals surface area contributed by atoms with Crippen molar-refractivity contribution in [2.45, 2.75) is 9.10 Å². The van der Waals surface area contributed by atoms with E-state index in [0.29, 0.717) is 5.75 Å². The lowest BCUT2D eigenvalue weighted by Gasteiger charge is -2.03. The molecule has 0 aliphatic carbocycles. The Morgan fingerprint density at radius 1 is 1.16 bits per heavy atom. The van der Waals surface area contributed by atoms with Crippen LogP contribution in [0.15, 0.2) is 45.5 Å². The van der Waals surface area contributed by atoms with Gasteiger partial charge in [0.1, 0.15) is 14.8 Å². The minimum atomic E-state index is -3.68. The van der Waals surface area contributed by atoms with Crippen LogP contribution in [0.5, 0.6) is 5.75 Å². The lowest BCUT2D eigenvalue weighted by atomic mass is 10.3. The van der Waals surface area contributed by atoms with Crippen LogP contribution in [0, 0.1) is 0 Å². The summed E-state index contributed by atoms with van der Waals surface area (Å²) < 4.78 is 29.5. The number of methoxy groups -OCH3 is 1. The number of hydrogen-bond donors (Lipinski definition) is 1. The molecule has 0 radical (unpaired) electrons. The fourth-order valence-electron chi connectivity index (χ4n) is 1.45. The summed E-state index contributed by atoms with van der Waals surface area (Å²) in [7, 11) is -2.19. The number of sulfone groups is 1. The molecule has 0 bridgehead atoms. The van der Waals surface area contributed by atoms with Crippen LogP contribution in [0.1, 0.15) is 9.67 Å². The Morgan fingerprint density at radius 2 is 1.79 bits per heavy atom. The fraction of sp³-hybridized carbons (Fsp3) is 0.0833. The normalized spacial score (nSPS) is 11.2. The Kier molecular flexibility index (Phi) is 3.59. The van der Waals surface area contributed by atoms with Gasteiger partial charge in [-0.15, -0.1) is 11.3 Å². The number of carboxylic acid groups (broad SMARTS) is 1. The third kappa shape index (κ3) is 2.61. The summed E-state index contributed by atoms with van der Waals surface area (Å²) in [5.74, 6) is -0.586. The molecule has 1 N–H and O–H groups in total. The molecule has 1 heterocycles. The van der Waals surface area contributed by atoms with Crippen LogP contribution in [-0.4, -0.2) is 26.6 Å². The predicted octanol–water partition coefficient (Wildman–Crippen LogP) is 2.29. The molecular formula is C12H10O5S2. The van der Waals surface area contributed by atoms with E-state index in [1.807, 2.05) is 0 Å². The lowest BCUT2D eigenvalue weighted by Crippen LogP contribution is -1.99. The molecule has 0 fully saturated rings. The largest absolute Gasteiger partial charge is 0.497 e. The average Bonchev–Trinajstić information content (AvgIpc) is 2.89. The predicted molar refractivity (Wildman–Crippen MR) is 69.7 cm³/mol. The molecule has 19 heavy (non-hydrogen) atoms. The van der Waals surface area contributed by atoms with E-state index in [9.17, 15) is 13.2 Å². The van der Waals surface area contributed by atoms with Gasteiger partial charge in [0.05, 0.1) is 12.0 Å². The first kappa shape index (κ1) is 13.6. The highest BCUT2D eigenvalue weighted by atomic mass is 32.2. The van der Waals surface area contributed by atoms with E-state index >= 15 is 0 Å². The van der Waals surface area contributed by atoms with Crippen molar-refractivity contribution in [1.82, 2.24) is 0 Å². The van der Waals surface area contributed by atoms with Crippen molar-refractivity contribution in [2.24, 2.45) is 0 Å². The Morgan fingerprint density at radius 3 is 2.26 bits per heavy atom. The Hall–Kier alpha value is -1.86. The first-order valence-corrected chi connectivity index (χ1v) is 7.47. The third-order valence-electron chi connectivity index (χ3n) is 2.43. The molecule has 0 saturated carbocycles. The van der Waals surface area contributed by atoms with Gasteiger partial charge in [0.2, 0.25) is 9.84 Å². The zero-order valence-electron chi connectivity index (χ0n) is 9.86. The topological polar surface area (TPSA) is 80.7 Å². The van der Waals surface area contributed by atoms with Crippen LogP contribution in [0.2, 0.25) is 0 Å². The van der Waals surface area contributed by atoms with Crippen LogP contribution >= 0.6 is 11.3 Å². The SMILES string of the molecule is COc1ccc(S(=O)(=O)c2ccc(C(=O)O)s2)cc1. The van der Waals surface area contributed by atoms with E-state index in [-0.39, 0.29) is 14.0 Å². The summed E-state index contributed by atoms with van der Waals surface area (Å²) in [6.07, 6.45) is 0. The zero-order chi connectivity index (χ0) is 14.0. The number of carbonyl (C=O) groups is 1. The quantitative estimate of drug-likeness (QED) is 0.936. The Bertz CT molecular complexity index is 698. The van der Waals surface area contributed by atoms with E-state index in [1.54, 1.807) is 12.1 Å². The van der Waals surface area contributed by atoms with Crippen LogP contribution in [-0.2, 0) is 9.84 Å². The molecule has 0 amide bonds. The highest BCUT2D eigenvalue weighted by molar-refractivity contribution is 7.93. The van der Waals surface area contributed by atoms with Gasteiger partial charge in [-0.3, -0.25) is 0 Å². The highest BCUT2D eigenvalue weighted by Gasteiger charge is 2.21. The molecule has 2 aromatic rings. The second kappa shape index (κ2) is 5.02. The lowest BCUT2D eigenvalue weighted by molar-refractivity contribution is 0.0702. The van der Waals surface area contributed by atoms with E-state index in [4.69, 9.17) is 9.84 Å². The highest BCUT2D eigenvalue weighted by Crippen LogP contribution is 2.28. The third-order valence-corrected chi connectivity index (χ3v) is 5.76. The summed E-state index contributed by atoms with van der Waals surface area (Å²) in [6, 6.07) is 8.51. The molecule has 0 aliphatic heterocycles. The van der Waals surface area contributed by atoms with Gasteiger partial charge in [0, 0.05) is 0 Å². The van der Waals surface area contributed by atoms with Crippen LogP contribution in [0.3, 0.4) is 0 Å². The second-order valence-corrected chi connectivity index (χ2v) is 6.86. The van der Waals surface area contributed by atoms with Gasteiger partial charge in [-0.2, -0.15) is 0 Å². The number of ether oxygens (including phenoxy) is 1. The standard InChI is InChI=1S/C12H10O5S2/c1-17-8-2-4-9(5-3-8)19(15,16)11-7-6-10(18-11)12(13)14/h2-7H,1H3,(H,13,14). The summed E-state index contributed by atoms with van der Waals surface area (Å²) in [5, 5.41) is 8.80. The van der Waals surface area contributed by atoms with Crippen molar-refractivity contribution in [1.29, 1.82) is 0 Å². The summed E-state index contributed by atoms with van der Waals surface area (Å²) >= 11 is 0.734. The van der Waals surface area contributed by atoms with Gasteiger partial charge >= 0.3 is 5.97 Å². The number of carboxylic acids is 1. The maximum absolute atomic E-state index is 12.2. The van der Waals surface area contributed by atoms with Crippen molar-refractivity contribution in [3.05, 3.63) is 41.3 Å². The molecule has 7 heteroatoms. The molecule has 0 unspecified atom stereocenters. The smallest absolute Gasteiger partial charge is 0.345 e. The van der Waals surface area contributed by atoms with Crippen LogP contribution < -0.4 is 4.74 Å². The van der Waals surface area contributed by atoms with E-state index < -0.39 is 15.8 Å². The van der Waals surface area contributed by atoms with Crippen molar-refractivity contribution >= 4 is 27.1 Å². The Labute approximate surface area is 114 Å². The average molecular weight is 298 g/mol. The second-order valence-electron chi connectivity index (χ2n) is 3.60. The van der Waals surface area contributed by atoms with Crippen molar-refractivity contribution in [3.8, 4) is 5.75 Å². The van der Waals surface area contributed by atoms with Crippen LogP contribution in [0.25, 0.3) is 0 Å². The minimum absolute atomic E-state index is 0.00733. The van der Waals surface area contributed by atoms with Gasteiger partial charge in [0.25, 0.3) is 0 Å². The number of hydrogen-bond acceptors (Lipinski definition) is 5. The first-order chi connectivity index (χ1) is 8.95. The molecule has 0 atom stereocenters. The van der Waals surface area contributed by atoms with E-state index in [1.165, 1.54) is 31.4 Å². The fourth-order valence-corrected chi connectivity index (χ4v) is 4.00. The molecule has 1 aromatic carbocycles. The first-order valence-electron chi connectivity index (χ1n) is 5.17. The van der Waals surface area contributed by atoms with Crippen molar-refractivity contribution in [3.63, 3.8) is 0 Å². The minimum Gasteiger partial charge on any atom is -0.497 e. The summed E-state index contributed by atoms with van der Waals surface area (Å²) in [4.78, 5) is 10.9. The zero-order valence-corrected chi connectivity index (χ0v) is 11.5. The van der Waals surface area contributed by atoms with Crippen LogP contribution in [0.4, 0.5) is 0 Å². The van der Waals surface area contributed by atoms with Gasteiger partial charge in [-0.05, 0) is 36.4 Å². The molecule has 0 spiro atoms. The van der Waals surface area contributed by atoms with E-state index in [2.05, 4.69) is 0 Å². The van der Waals surface area contributed by atoms with Crippen molar-refractivity contribution in [2.75, 3.05) is 7.11 Å². The molecule has 1 aromatic heterocycles. The summed E-state index contributed by atoms with van der Waals surface area (Å²) in [5.41, 5.74) is 0. The molecule has 0 saturated heterocycles. The molecule has 0 aliphatic rings. The molecule has 100 valence electrons. The summed E-state index contributed by atoms with van der Waals surface area (Å²) in [6.45, 7) is 0. The maximum Gasteiger partial charge on any atom is 0.345 e. The number of benzene rings is 1. The number of thiophene rings is 1. The van der Waals surface area contributed by atoms with Crippen molar-refractivity contribution < 1.29 is 23.1 Å². The Balaban J connectivity index is 2.42. The monoisotopic (exact) mass is 298 g/mol. The van der Waals surface area contributed by atoms with E-state index in [0.717, 1.165) is 11.3 Å².